The van der Waals surface area contributed by atoms with Crippen LogP contribution in [-0.4, -0.2) is 4.57 Å². The van der Waals surface area contributed by atoms with Gasteiger partial charge in [0.15, 0.2) is 0 Å². The summed E-state index contributed by atoms with van der Waals surface area (Å²) in [6.07, 6.45) is 0. The van der Waals surface area contributed by atoms with Gasteiger partial charge in [-0.1, -0.05) is 127 Å². The second kappa shape index (κ2) is 13.3. The van der Waals surface area contributed by atoms with E-state index in [1.54, 1.807) is 0 Å². The number of anilines is 3. The molecule has 0 aliphatic rings. The van der Waals surface area contributed by atoms with Crippen molar-refractivity contribution >= 4 is 102 Å². The van der Waals surface area contributed by atoms with Crippen molar-refractivity contribution in [1.82, 2.24) is 4.57 Å². The van der Waals surface area contributed by atoms with E-state index in [2.05, 4.69) is 216 Å². The van der Waals surface area contributed by atoms with E-state index in [-0.39, 0.29) is 0 Å². The van der Waals surface area contributed by atoms with E-state index in [1.165, 1.54) is 95.8 Å². The van der Waals surface area contributed by atoms with Gasteiger partial charge < -0.3 is 9.47 Å². The van der Waals surface area contributed by atoms with E-state index in [9.17, 15) is 0 Å². The lowest BCUT2D eigenvalue weighted by molar-refractivity contribution is 1.18. The van der Waals surface area contributed by atoms with Crippen LogP contribution >= 0.6 is 22.7 Å². The maximum Gasteiger partial charge on any atom is 0.0640 e. The molecular weight excluding hydrogens is 741 g/mol. The third-order valence-corrected chi connectivity index (χ3v) is 13.9. The predicted octanol–water partition coefficient (Wildman–Crippen LogP) is 16.3. The van der Waals surface area contributed by atoms with Crippen molar-refractivity contribution in [3.63, 3.8) is 0 Å². The van der Waals surface area contributed by atoms with E-state index in [0.717, 1.165) is 11.4 Å². The molecule has 0 bridgehead atoms. The van der Waals surface area contributed by atoms with Crippen molar-refractivity contribution in [1.29, 1.82) is 0 Å². The zero-order chi connectivity index (χ0) is 38.2. The summed E-state index contributed by atoms with van der Waals surface area (Å²) >= 11 is 3.75. The summed E-state index contributed by atoms with van der Waals surface area (Å²) in [5, 5.41) is 7.70. The van der Waals surface area contributed by atoms with Crippen LogP contribution in [0.4, 0.5) is 17.1 Å². The Morgan fingerprint density at radius 3 is 1.81 bits per heavy atom. The maximum absolute atomic E-state index is 2.45. The van der Waals surface area contributed by atoms with Crippen molar-refractivity contribution in [3.05, 3.63) is 206 Å². The first-order chi connectivity index (χ1) is 28.7. The number of rotatable bonds is 6. The first kappa shape index (κ1) is 33.2. The van der Waals surface area contributed by atoms with Crippen molar-refractivity contribution in [2.45, 2.75) is 0 Å². The molecule has 0 amide bonds. The SMILES string of the molecule is c1ccc(-c2ccc(N(c3ccc4sc5cc(-c6ccc7c(c6)c6ccccc6n7-c6ccccc6)ccc5c4c3)c3cccc4c3sc3ccccc34)cc2)cc1. The summed E-state index contributed by atoms with van der Waals surface area (Å²) in [6.45, 7) is 0. The summed E-state index contributed by atoms with van der Waals surface area (Å²) in [5.74, 6) is 0. The van der Waals surface area contributed by atoms with Crippen LogP contribution in [0, 0.1) is 0 Å². The van der Waals surface area contributed by atoms with Gasteiger partial charge in [-0.05, 0) is 101 Å². The molecule has 9 aromatic carbocycles. The summed E-state index contributed by atoms with van der Waals surface area (Å²) in [6, 6.07) is 75.6. The van der Waals surface area contributed by atoms with Crippen molar-refractivity contribution in [3.8, 4) is 27.9 Å². The molecule has 0 saturated carbocycles. The Morgan fingerprint density at radius 2 is 0.948 bits per heavy atom. The quantitative estimate of drug-likeness (QED) is 0.163. The van der Waals surface area contributed by atoms with Crippen LogP contribution in [0.5, 0.6) is 0 Å². The molecule has 4 heteroatoms. The van der Waals surface area contributed by atoms with Crippen LogP contribution in [0.25, 0.3) is 90.1 Å². The highest BCUT2D eigenvalue weighted by molar-refractivity contribution is 7.26. The van der Waals surface area contributed by atoms with Crippen LogP contribution < -0.4 is 4.90 Å². The summed E-state index contributed by atoms with van der Waals surface area (Å²) < 4.78 is 7.56. The number of para-hydroxylation sites is 2. The minimum atomic E-state index is 1.13. The number of fused-ring (bicyclic) bond motifs is 9. The molecule has 2 nitrogen and oxygen atoms in total. The molecule has 0 unspecified atom stereocenters. The molecule has 58 heavy (non-hydrogen) atoms. The first-order valence-electron chi connectivity index (χ1n) is 19.7. The third-order valence-electron chi connectivity index (χ3n) is 11.6. The van der Waals surface area contributed by atoms with Gasteiger partial charge in [0, 0.05) is 63.5 Å². The van der Waals surface area contributed by atoms with Crippen molar-refractivity contribution in [2.24, 2.45) is 0 Å². The number of hydrogen-bond acceptors (Lipinski definition) is 3. The lowest BCUT2D eigenvalue weighted by Gasteiger charge is -2.26. The highest BCUT2D eigenvalue weighted by Crippen LogP contribution is 2.47. The number of nitrogens with zero attached hydrogens (tertiary/aromatic N) is 2. The first-order valence-corrected chi connectivity index (χ1v) is 21.3. The zero-order valence-electron chi connectivity index (χ0n) is 31.3. The number of thiophene rings is 2. The van der Waals surface area contributed by atoms with Gasteiger partial charge in [0.2, 0.25) is 0 Å². The molecule has 12 aromatic rings. The van der Waals surface area contributed by atoms with E-state index in [4.69, 9.17) is 0 Å². The van der Waals surface area contributed by atoms with Gasteiger partial charge in [0.05, 0.1) is 21.4 Å². The molecular formula is C54H34N2S2. The Balaban J connectivity index is 0.987. The molecule has 272 valence electrons. The Labute approximate surface area is 343 Å². The summed E-state index contributed by atoms with van der Waals surface area (Å²) in [7, 11) is 0. The van der Waals surface area contributed by atoms with Crippen LogP contribution in [0.1, 0.15) is 0 Å². The Kier molecular flexibility index (Phi) is 7.62. The van der Waals surface area contributed by atoms with Crippen LogP contribution in [0.3, 0.4) is 0 Å². The lowest BCUT2D eigenvalue weighted by Crippen LogP contribution is -2.10. The van der Waals surface area contributed by atoms with E-state index < -0.39 is 0 Å². The fraction of sp³-hybridized carbons (Fsp3) is 0. The molecule has 3 aromatic heterocycles. The second-order valence-electron chi connectivity index (χ2n) is 14.9. The summed E-state index contributed by atoms with van der Waals surface area (Å²) in [4.78, 5) is 2.45. The van der Waals surface area contributed by atoms with Crippen molar-refractivity contribution in [2.75, 3.05) is 4.90 Å². The minimum absolute atomic E-state index is 1.13. The third kappa shape index (κ3) is 5.30. The number of aromatic nitrogens is 1. The molecule has 3 heterocycles. The van der Waals surface area contributed by atoms with E-state index in [0.29, 0.717) is 0 Å². The topological polar surface area (TPSA) is 8.17 Å². The highest BCUT2D eigenvalue weighted by Gasteiger charge is 2.20. The standard InChI is InChI=1S/C54H34N2S2/c1-3-12-35(13-4-1)36-22-26-40(27-23-36)55(50-20-11-18-45-43-17-8-10-21-51(43)58-54(45)50)41-28-31-52-47(34-41)44-29-24-38(33-53(44)57-52)37-25-30-49-46(32-37)42-16-7-9-19-48(42)56(49)39-14-5-2-6-15-39/h1-34H. The Hall–Kier alpha value is -6.98. The smallest absolute Gasteiger partial charge is 0.0640 e. The lowest BCUT2D eigenvalue weighted by atomic mass is 10.0. The molecule has 0 radical (unpaired) electrons. The fourth-order valence-electron chi connectivity index (χ4n) is 8.86. The number of benzene rings is 9. The summed E-state index contributed by atoms with van der Waals surface area (Å²) in [5.41, 5.74) is 12.0. The van der Waals surface area contributed by atoms with E-state index >= 15 is 0 Å². The average Bonchev–Trinajstić information content (AvgIpc) is 3.97. The molecule has 0 saturated heterocycles. The molecule has 0 aliphatic carbocycles. The van der Waals surface area contributed by atoms with Gasteiger partial charge in [0.25, 0.3) is 0 Å². The Morgan fingerprint density at radius 1 is 0.328 bits per heavy atom. The van der Waals surface area contributed by atoms with Gasteiger partial charge in [-0.2, -0.15) is 0 Å². The van der Waals surface area contributed by atoms with E-state index in [1.807, 2.05) is 22.7 Å². The second-order valence-corrected chi connectivity index (χ2v) is 17.0. The highest BCUT2D eigenvalue weighted by atomic mass is 32.1. The number of hydrogen-bond donors (Lipinski definition) is 0. The van der Waals surface area contributed by atoms with Gasteiger partial charge >= 0.3 is 0 Å². The van der Waals surface area contributed by atoms with Gasteiger partial charge in [-0.15, -0.1) is 22.7 Å². The molecule has 0 atom stereocenters. The van der Waals surface area contributed by atoms with Gasteiger partial charge in [-0.3, -0.25) is 0 Å². The fourth-order valence-corrected chi connectivity index (χ4v) is 11.2. The van der Waals surface area contributed by atoms with Crippen LogP contribution in [0.15, 0.2) is 206 Å². The Bertz CT molecular complexity index is 3500. The molecule has 0 aliphatic heterocycles. The normalized spacial score (nSPS) is 11.8. The molecule has 12 rings (SSSR count). The van der Waals surface area contributed by atoms with Crippen molar-refractivity contribution < 1.29 is 0 Å². The van der Waals surface area contributed by atoms with Crippen LogP contribution in [0.2, 0.25) is 0 Å². The molecule has 0 fully saturated rings. The largest absolute Gasteiger partial charge is 0.309 e. The van der Waals surface area contributed by atoms with Crippen LogP contribution in [-0.2, 0) is 0 Å². The van der Waals surface area contributed by atoms with Gasteiger partial charge in [0.1, 0.15) is 0 Å². The predicted molar refractivity (Wildman–Crippen MR) is 252 cm³/mol. The zero-order valence-corrected chi connectivity index (χ0v) is 33.0. The molecule has 0 spiro atoms. The maximum atomic E-state index is 2.45. The molecule has 0 N–H and O–H groups in total. The van der Waals surface area contributed by atoms with Gasteiger partial charge in [-0.25, -0.2) is 0 Å². The average molecular weight is 775 g/mol. The monoisotopic (exact) mass is 774 g/mol. The minimum Gasteiger partial charge on any atom is -0.309 e.